The maximum Gasteiger partial charge on any atom is 0.325 e. The van der Waals surface area contributed by atoms with Crippen LogP contribution in [0.15, 0.2) is 12.2 Å². The first-order chi connectivity index (χ1) is 19.1. The SMILES string of the molecule is CC(NC(=O)C(NCCCOCCOCCOCCOCCNC(=O)CCN1C(=O)C=CC1=O)C(C)C)C(=O)O. The Morgan fingerprint density at radius 2 is 1.35 bits per heavy atom. The van der Waals surface area contributed by atoms with Crippen LogP contribution < -0.4 is 16.0 Å². The fourth-order valence-corrected chi connectivity index (χ4v) is 3.41. The van der Waals surface area contributed by atoms with E-state index in [2.05, 4.69) is 16.0 Å². The van der Waals surface area contributed by atoms with E-state index in [9.17, 15) is 24.0 Å². The Bertz CT molecular complexity index is 818. The van der Waals surface area contributed by atoms with Crippen LogP contribution >= 0.6 is 0 Å². The Morgan fingerprint density at radius 1 is 0.825 bits per heavy atom. The lowest BCUT2D eigenvalue weighted by molar-refractivity contribution is -0.141. The first-order valence-electron chi connectivity index (χ1n) is 13.5. The number of hydrogen-bond donors (Lipinski definition) is 4. The van der Waals surface area contributed by atoms with E-state index in [1.54, 1.807) is 0 Å². The van der Waals surface area contributed by atoms with Crippen LogP contribution in [0.1, 0.15) is 33.6 Å². The summed E-state index contributed by atoms with van der Waals surface area (Å²) in [7, 11) is 0. The number of amides is 4. The molecule has 14 heteroatoms. The maximum atomic E-state index is 12.2. The normalized spacial score (nSPS) is 14.6. The highest BCUT2D eigenvalue weighted by Crippen LogP contribution is 2.04. The van der Waals surface area contributed by atoms with Crippen LogP contribution in [-0.4, -0.2) is 124 Å². The summed E-state index contributed by atoms with van der Waals surface area (Å²) in [5.41, 5.74) is 0. The molecule has 2 unspecified atom stereocenters. The van der Waals surface area contributed by atoms with Gasteiger partial charge >= 0.3 is 5.97 Å². The monoisotopic (exact) mass is 572 g/mol. The molecular formula is C26H44N4O10. The Kier molecular flexibility index (Phi) is 18.4. The van der Waals surface area contributed by atoms with E-state index in [0.29, 0.717) is 72.4 Å². The smallest absolute Gasteiger partial charge is 0.325 e. The molecule has 0 aliphatic carbocycles. The third-order valence-electron chi connectivity index (χ3n) is 5.66. The minimum atomic E-state index is -1.08. The molecule has 0 spiro atoms. The summed E-state index contributed by atoms with van der Waals surface area (Å²) in [4.78, 5) is 58.8. The van der Waals surface area contributed by atoms with E-state index in [1.165, 1.54) is 19.1 Å². The average Bonchev–Trinajstić information content (AvgIpc) is 3.22. The van der Waals surface area contributed by atoms with Gasteiger partial charge in [0, 0.05) is 38.3 Å². The van der Waals surface area contributed by atoms with E-state index in [1.807, 2.05) is 13.8 Å². The summed E-state index contributed by atoms with van der Waals surface area (Å²) in [6, 6.07) is -1.42. The summed E-state index contributed by atoms with van der Waals surface area (Å²) >= 11 is 0. The number of carboxylic acids is 1. The molecule has 0 fully saturated rings. The van der Waals surface area contributed by atoms with Gasteiger partial charge < -0.3 is 40.0 Å². The van der Waals surface area contributed by atoms with Crippen LogP contribution in [0.4, 0.5) is 0 Å². The van der Waals surface area contributed by atoms with E-state index in [-0.39, 0.29) is 30.7 Å². The van der Waals surface area contributed by atoms with Gasteiger partial charge in [-0.1, -0.05) is 13.8 Å². The summed E-state index contributed by atoms with van der Waals surface area (Å²) in [6.45, 7) is 9.39. The summed E-state index contributed by atoms with van der Waals surface area (Å²) in [6.07, 6.45) is 3.10. The molecule has 14 nitrogen and oxygen atoms in total. The molecule has 1 aliphatic rings. The van der Waals surface area contributed by atoms with Gasteiger partial charge in [-0.15, -0.1) is 0 Å². The van der Waals surface area contributed by atoms with Crippen molar-refractivity contribution in [1.29, 1.82) is 0 Å². The zero-order chi connectivity index (χ0) is 29.8. The van der Waals surface area contributed by atoms with Gasteiger partial charge in [0.25, 0.3) is 11.8 Å². The van der Waals surface area contributed by atoms with Crippen molar-refractivity contribution in [2.45, 2.75) is 45.7 Å². The lowest BCUT2D eigenvalue weighted by Gasteiger charge is -2.23. The minimum Gasteiger partial charge on any atom is -0.480 e. The number of rotatable bonds is 24. The van der Waals surface area contributed by atoms with Gasteiger partial charge in [-0.25, -0.2) is 0 Å². The largest absolute Gasteiger partial charge is 0.480 e. The Balaban J connectivity index is 1.87. The molecule has 4 amide bonds. The number of imide groups is 1. The van der Waals surface area contributed by atoms with Gasteiger partial charge in [-0.05, 0) is 25.8 Å². The van der Waals surface area contributed by atoms with Crippen LogP contribution in [0, 0.1) is 5.92 Å². The molecular weight excluding hydrogens is 528 g/mol. The van der Waals surface area contributed by atoms with Crippen LogP contribution in [0.25, 0.3) is 0 Å². The van der Waals surface area contributed by atoms with Gasteiger partial charge in [0.1, 0.15) is 6.04 Å². The first-order valence-corrected chi connectivity index (χ1v) is 13.5. The van der Waals surface area contributed by atoms with Crippen molar-refractivity contribution >= 4 is 29.6 Å². The fourth-order valence-electron chi connectivity index (χ4n) is 3.41. The second-order valence-electron chi connectivity index (χ2n) is 9.31. The van der Waals surface area contributed by atoms with Crippen molar-refractivity contribution in [3.05, 3.63) is 12.2 Å². The lowest BCUT2D eigenvalue weighted by Crippen LogP contribution is -2.51. The molecule has 0 radical (unpaired) electrons. The molecule has 0 aromatic carbocycles. The van der Waals surface area contributed by atoms with Crippen LogP contribution in [0.2, 0.25) is 0 Å². The van der Waals surface area contributed by atoms with Crippen LogP contribution in [-0.2, 0) is 42.9 Å². The van der Waals surface area contributed by atoms with Gasteiger partial charge in [-0.3, -0.25) is 28.9 Å². The molecule has 0 saturated heterocycles. The highest BCUT2D eigenvalue weighted by atomic mass is 16.6. The van der Waals surface area contributed by atoms with E-state index in [0.717, 1.165) is 4.90 Å². The van der Waals surface area contributed by atoms with E-state index >= 15 is 0 Å². The molecule has 40 heavy (non-hydrogen) atoms. The van der Waals surface area contributed by atoms with Crippen molar-refractivity contribution < 1.29 is 48.0 Å². The zero-order valence-corrected chi connectivity index (χ0v) is 23.6. The van der Waals surface area contributed by atoms with Crippen molar-refractivity contribution in [3.8, 4) is 0 Å². The number of ether oxygens (including phenoxy) is 4. The van der Waals surface area contributed by atoms with Crippen molar-refractivity contribution in [2.75, 3.05) is 72.5 Å². The van der Waals surface area contributed by atoms with Crippen LogP contribution in [0.3, 0.4) is 0 Å². The number of carboxylic acid groups (broad SMARTS) is 1. The Labute approximate surface area is 235 Å². The highest BCUT2D eigenvalue weighted by molar-refractivity contribution is 6.13. The zero-order valence-electron chi connectivity index (χ0n) is 23.6. The number of nitrogens with zero attached hydrogens (tertiary/aromatic N) is 1. The molecule has 0 bridgehead atoms. The molecule has 0 saturated carbocycles. The molecule has 0 aromatic heterocycles. The fraction of sp³-hybridized carbons (Fsp3) is 0.731. The number of aliphatic carboxylic acids is 1. The summed E-state index contributed by atoms with van der Waals surface area (Å²) in [5, 5.41) is 17.2. The van der Waals surface area contributed by atoms with E-state index < -0.39 is 29.9 Å². The Morgan fingerprint density at radius 3 is 1.88 bits per heavy atom. The molecule has 1 heterocycles. The Hall–Kier alpha value is -2.91. The minimum absolute atomic E-state index is 0.00851. The molecule has 1 aliphatic heterocycles. The number of carbonyl (C=O) groups excluding carboxylic acids is 4. The molecule has 2 atom stereocenters. The summed E-state index contributed by atoms with van der Waals surface area (Å²) in [5.74, 6) is -2.48. The van der Waals surface area contributed by atoms with Gasteiger partial charge in [0.15, 0.2) is 0 Å². The third-order valence-corrected chi connectivity index (χ3v) is 5.66. The number of carbonyl (C=O) groups is 5. The van der Waals surface area contributed by atoms with E-state index in [4.69, 9.17) is 24.1 Å². The van der Waals surface area contributed by atoms with Crippen molar-refractivity contribution in [3.63, 3.8) is 0 Å². The molecule has 0 aromatic rings. The highest BCUT2D eigenvalue weighted by Gasteiger charge is 2.25. The molecule has 4 N–H and O–H groups in total. The van der Waals surface area contributed by atoms with Gasteiger partial charge in [0.2, 0.25) is 11.8 Å². The van der Waals surface area contributed by atoms with Gasteiger partial charge in [-0.2, -0.15) is 0 Å². The average molecular weight is 573 g/mol. The second kappa shape index (κ2) is 20.9. The van der Waals surface area contributed by atoms with Crippen LogP contribution in [0.5, 0.6) is 0 Å². The maximum absolute atomic E-state index is 12.2. The first kappa shape index (κ1) is 35.1. The number of hydrogen-bond acceptors (Lipinski definition) is 10. The number of nitrogens with one attached hydrogen (secondary N) is 3. The van der Waals surface area contributed by atoms with Crippen molar-refractivity contribution in [2.24, 2.45) is 5.92 Å². The predicted molar refractivity (Wildman–Crippen MR) is 143 cm³/mol. The molecule has 228 valence electrons. The topological polar surface area (TPSA) is 182 Å². The predicted octanol–water partition coefficient (Wildman–Crippen LogP) is -0.922. The quantitative estimate of drug-likeness (QED) is 0.0829. The molecule has 1 rings (SSSR count). The standard InChI is InChI=1S/C26H44N4O10/c1-19(2)24(25(34)29-20(3)26(35)36)28-8-4-11-37-13-15-39-17-18-40-16-14-38-12-9-27-21(31)7-10-30-22(32)5-6-23(30)33/h5-6,19-20,24,28H,4,7-18H2,1-3H3,(H,27,31)(H,29,34)(H,35,36). The van der Waals surface area contributed by atoms with Crippen molar-refractivity contribution in [1.82, 2.24) is 20.9 Å². The third kappa shape index (κ3) is 15.6. The lowest BCUT2D eigenvalue weighted by atomic mass is 10.0. The summed E-state index contributed by atoms with van der Waals surface area (Å²) < 4.78 is 21.7. The second-order valence-corrected chi connectivity index (χ2v) is 9.31. The van der Waals surface area contributed by atoms with Gasteiger partial charge in [0.05, 0.1) is 52.3 Å².